The lowest BCUT2D eigenvalue weighted by Gasteiger charge is -2.15. The van der Waals surface area contributed by atoms with Gasteiger partial charge in [0.1, 0.15) is 18.9 Å². The molecule has 0 radical (unpaired) electrons. The number of anilines is 1. The summed E-state index contributed by atoms with van der Waals surface area (Å²) in [6.07, 6.45) is 0.850. The van der Waals surface area contributed by atoms with Gasteiger partial charge in [-0.05, 0) is 36.4 Å². The summed E-state index contributed by atoms with van der Waals surface area (Å²) in [4.78, 5) is 13.3. The number of amides is 1. The number of likely N-dealkylation sites (N-methyl/N-ethyl adjacent to an activating group) is 1. The van der Waals surface area contributed by atoms with Crippen molar-refractivity contribution in [3.8, 4) is 17.2 Å². The molecule has 0 saturated heterocycles. The second kappa shape index (κ2) is 9.48. The van der Waals surface area contributed by atoms with E-state index in [1.807, 2.05) is 31.3 Å². The molecule has 1 amide bonds. The van der Waals surface area contributed by atoms with Gasteiger partial charge in [0, 0.05) is 23.2 Å². The van der Waals surface area contributed by atoms with Crippen molar-refractivity contribution in [3.63, 3.8) is 0 Å². The molecule has 0 spiro atoms. The van der Waals surface area contributed by atoms with Crippen molar-refractivity contribution < 1.29 is 23.9 Å². The lowest BCUT2D eigenvalue weighted by molar-refractivity contribution is -0.871. The molecule has 2 aromatic carbocycles. The largest absolute Gasteiger partial charge is 0.490 e. The van der Waals surface area contributed by atoms with Crippen LogP contribution in [-0.4, -0.2) is 45.9 Å². The summed E-state index contributed by atoms with van der Waals surface area (Å²) in [5.74, 6) is 2.09. The second-order valence-electron chi connectivity index (χ2n) is 6.45. The molecule has 6 nitrogen and oxygen atoms in total. The number of hydrogen-bond acceptors (Lipinski definition) is 4. The van der Waals surface area contributed by atoms with Gasteiger partial charge in [0.15, 0.2) is 18.0 Å². The molecule has 27 heavy (non-hydrogen) atoms. The molecule has 1 aliphatic heterocycles. The molecule has 0 aromatic heterocycles. The van der Waals surface area contributed by atoms with Crippen LogP contribution >= 0.6 is 11.6 Å². The number of nitrogens with one attached hydrogen (secondary N) is 2. The average Bonchev–Trinajstić information content (AvgIpc) is 2.88. The highest BCUT2D eigenvalue weighted by Crippen LogP contribution is 2.32. The zero-order chi connectivity index (χ0) is 19.1. The molecule has 0 bridgehead atoms. The van der Waals surface area contributed by atoms with Gasteiger partial charge in [0.2, 0.25) is 0 Å². The van der Waals surface area contributed by atoms with E-state index in [1.54, 1.807) is 18.2 Å². The zero-order valence-electron chi connectivity index (χ0n) is 15.3. The number of carbonyl (C=O) groups is 1. The average molecular weight is 392 g/mol. The fraction of sp³-hybridized carbons (Fsp3) is 0.350. The molecular weight excluding hydrogens is 368 g/mol. The quantitative estimate of drug-likeness (QED) is 0.758. The topological polar surface area (TPSA) is 61.2 Å². The summed E-state index contributed by atoms with van der Waals surface area (Å²) in [5.41, 5.74) is 0.703. The van der Waals surface area contributed by atoms with Gasteiger partial charge in [0.05, 0.1) is 20.3 Å². The number of carbonyl (C=O) groups excluding carboxylic acids is 1. The molecule has 0 fully saturated rings. The van der Waals surface area contributed by atoms with E-state index in [0.29, 0.717) is 55.1 Å². The SMILES string of the molecule is C[NH+](CCOc1ccc(Cl)cc1)CC(=O)Nc1ccc2c(c1)OCCCO2. The van der Waals surface area contributed by atoms with Gasteiger partial charge < -0.3 is 24.4 Å². The van der Waals surface area contributed by atoms with E-state index in [0.717, 1.165) is 17.1 Å². The van der Waals surface area contributed by atoms with Crippen molar-refractivity contribution in [1.82, 2.24) is 0 Å². The van der Waals surface area contributed by atoms with E-state index >= 15 is 0 Å². The summed E-state index contributed by atoms with van der Waals surface area (Å²) in [7, 11) is 1.96. The smallest absolute Gasteiger partial charge is 0.279 e. The minimum atomic E-state index is -0.0616. The maximum Gasteiger partial charge on any atom is 0.279 e. The monoisotopic (exact) mass is 391 g/mol. The third-order valence-electron chi connectivity index (χ3n) is 4.10. The Hall–Kier alpha value is -2.44. The van der Waals surface area contributed by atoms with Gasteiger partial charge in [0.25, 0.3) is 5.91 Å². The van der Waals surface area contributed by atoms with E-state index in [1.165, 1.54) is 0 Å². The molecule has 3 rings (SSSR count). The summed E-state index contributed by atoms with van der Waals surface area (Å²) in [5, 5.41) is 3.58. The molecule has 0 saturated carbocycles. The van der Waals surface area contributed by atoms with Crippen molar-refractivity contribution >= 4 is 23.2 Å². The molecule has 2 aromatic rings. The first-order chi connectivity index (χ1) is 13.1. The van der Waals surface area contributed by atoms with Crippen LogP contribution in [0, 0.1) is 0 Å². The van der Waals surface area contributed by atoms with Gasteiger partial charge in [-0.25, -0.2) is 0 Å². The molecule has 1 aliphatic rings. The van der Waals surface area contributed by atoms with Gasteiger partial charge in [-0.15, -0.1) is 0 Å². The Bertz CT molecular complexity index is 767. The van der Waals surface area contributed by atoms with Crippen LogP contribution in [-0.2, 0) is 4.79 Å². The van der Waals surface area contributed by atoms with Crippen LogP contribution < -0.4 is 24.4 Å². The van der Waals surface area contributed by atoms with Crippen molar-refractivity contribution in [2.75, 3.05) is 45.3 Å². The Labute approximate surface area is 164 Å². The van der Waals surface area contributed by atoms with E-state index in [9.17, 15) is 4.79 Å². The summed E-state index contributed by atoms with van der Waals surface area (Å²) in [6, 6.07) is 12.7. The van der Waals surface area contributed by atoms with Crippen LogP contribution in [0.25, 0.3) is 0 Å². The van der Waals surface area contributed by atoms with Gasteiger partial charge >= 0.3 is 0 Å². The highest BCUT2D eigenvalue weighted by molar-refractivity contribution is 6.30. The van der Waals surface area contributed by atoms with Gasteiger partial charge in [-0.1, -0.05) is 11.6 Å². The van der Waals surface area contributed by atoms with Crippen molar-refractivity contribution in [2.24, 2.45) is 0 Å². The standard InChI is InChI=1S/C20H23ClN2O4/c1-23(9-12-25-17-6-3-15(21)4-7-17)14-20(24)22-16-5-8-18-19(13-16)27-11-2-10-26-18/h3-8,13H,2,9-12,14H2,1H3,(H,22,24)/p+1. The minimum Gasteiger partial charge on any atom is -0.490 e. The summed E-state index contributed by atoms with van der Waals surface area (Å²) in [6.45, 7) is 2.83. The molecule has 2 N–H and O–H groups in total. The maximum atomic E-state index is 12.3. The predicted octanol–water partition coefficient (Wildman–Crippen LogP) is 2.03. The van der Waals surface area contributed by atoms with Crippen LogP contribution in [0.1, 0.15) is 6.42 Å². The van der Waals surface area contributed by atoms with Crippen molar-refractivity contribution in [1.29, 1.82) is 0 Å². The third kappa shape index (κ3) is 6.05. The fourth-order valence-corrected chi connectivity index (χ4v) is 2.81. The van der Waals surface area contributed by atoms with Crippen molar-refractivity contribution in [2.45, 2.75) is 6.42 Å². The van der Waals surface area contributed by atoms with E-state index in [4.69, 9.17) is 25.8 Å². The molecule has 1 heterocycles. The second-order valence-corrected chi connectivity index (χ2v) is 6.88. The molecule has 144 valence electrons. The molecule has 1 atom stereocenters. The number of fused-ring (bicyclic) bond motifs is 1. The number of ether oxygens (including phenoxy) is 3. The molecule has 1 unspecified atom stereocenters. The molecule has 0 aliphatic carbocycles. The number of hydrogen-bond donors (Lipinski definition) is 2. The summed E-state index contributed by atoms with van der Waals surface area (Å²) < 4.78 is 16.9. The van der Waals surface area contributed by atoms with Crippen LogP contribution in [0.3, 0.4) is 0 Å². The third-order valence-corrected chi connectivity index (χ3v) is 4.36. The Morgan fingerprint density at radius 2 is 1.89 bits per heavy atom. The van der Waals surface area contributed by atoms with Crippen LogP contribution in [0.15, 0.2) is 42.5 Å². The number of quaternary nitrogens is 1. The number of rotatable bonds is 7. The molecule has 7 heteroatoms. The Kier molecular flexibility index (Phi) is 6.79. The lowest BCUT2D eigenvalue weighted by atomic mass is 10.2. The van der Waals surface area contributed by atoms with E-state index in [-0.39, 0.29) is 5.91 Å². The first-order valence-corrected chi connectivity index (χ1v) is 9.37. The van der Waals surface area contributed by atoms with Crippen LogP contribution in [0.5, 0.6) is 17.2 Å². The fourth-order valence-electron chi connectivity index (χ4n) is 2.68. The first kappa shape index (κ1) is 19.3. The van der Waals surface area contributed by atoms with E-state index < -0.39 is 0 Å². The highest BCUT2D eigenvalue weighted by Gasteiger charge is 2.14. The first-order valence-electron chi connectivity index (χ1n) is 8.99. The van der Waals surface area contributed by atoms with Crippen LogP contribution in [0.4, 0.5) is 5.69 Å². The number of halogens is 1. The normalized spacial score (nSPS) is 14.1. The predicted molar refractivity (Wildman–Crippen MR) is 104 cm³/mol. The highest BCUT2D eigenvalue weighted by atomic mass is 35.5. The minimum absolute atomic E-state index is 0.0616. The Morgan fingerprint density at radius 3 is 2.67 bits per heavy atom. The zero-order valence-corrected chi connectivity index (χ0v) is 16.1. The Morgan fingerprint density at radius 1 is 1.15 bits per heavy atom. The van der Waals surface area contributed by atoms with Crippen LogP contribution in [0.2, 0.25) is 5.02 Å². The number of benzene rings is 2. The van der Waals surface area contributed by atoms with Crippen molar-refractivity contribution in [3.05, 3.63) is 47.5 Å². The Balaban J connectivity index is 1.43. The summed E-state index contributed by atoms with van der Waals surface area (Å²) >= 11 is 5.85. The van der Waals surface area contributed by atoms with Gasteiger partial charge in [-0.3, -0.25) is 4.79 Å². The van der Waals surface area contributed by atoms with E-state index in [2.05, 4.69) is 5.32 Å². The lowest BCUT2D eigenvalue weighted by Crippen LogP contribution is -3.10. The molecular formula is C20H24ClN2O4+. The van der Waals surface area contributed by atoms with Gasteiger partial charge in [-0.2, -0.15) is 0 Å². The maximum absolute atomic E-state index is 12.3.